The Labute approximate surface area is 105 Å². The number of carbonyl (C=O) groups is 3. The number of carboxylic acid groups (broad SMARTS) is 1. The van der Waals surface area contributed by atoms with E-state index in [-0.39, 0.29) is 6.54 Å². The van der Waals surface area contributed by atoms with Crippen LogP contribution in [0.4, 0.5) is 0 Å². The van der Waals surface area contributed by atoms with Gasteiger partial charge in [-0.1, -0.05) is 0 Å². The van der Waals surface area contributed by atoms with Crippen LogP contribution in [0.1, 0.15) is 10.5 Å². The molecule has 8 heteroatoms. The Morgan fingerprint density at radius 2 is 2.00 bits per heavy atom. The highest BCUT2D eigenvalue weighted by Gasteiger charge is 2.10. The average molecular weight is 304 g/mol. The molecule has 0 fully saturated rings. The van der Waals surface area contributed by atoms with E-state index in [0.717, 1.165) is 4.47 Å². The lowest BCUT2D eigenvalue weighted by molar-refractivity contribution is -0.137. The quantitative estimate of drug-likeness (QED) is 0.599. The van der Waals surface area contributed by atoms with Gasteiger partial charge < -0.3 is 20.7 Å². The van der Waals surface area contributed by atoms with Gasteiger partial charge in [-0.05, 0) is 22.0 Å². The van der Waals surface area contributed by atoms with Crippen molar-refractivity contribution >= 4 is 33.7 Å². The second-order valence-electron chi connectivity index (χ2n) is 3.08. The van der Waals surface area contributed by atoms with E-state index >= 15 is 0 Å². The molecule has 0 bridgehead atoms. The summed E-state index contributed by atoms with van der Waals surface area (Å²) in [5, 5.41) is 12.8. The van der Waals surface area contributed by atoms with Crippen LogP contribution in [0.5, 0.6) is 0 Å². The van der Waals surface area contributed by atoms with Gasteiger partial charge in [-0.3, -0.25) is 14.4 Å². The number of hydrogen-bond donors (Lipinski definition) is 4. The predicted octanol–water partition coefficient (Wildman–Crippen LogP) is -0.292. The monoisotopic (exact) mass is 303 g/mol. The molecule has 0 saturated heterocycles. The summed E-state index contributed by atoms with van der Waals surface area (Å²) in [6.07, 6.45) is 1.58. The summed E-state index contributed by atoms with van der Waals surface area (Å²) >= 11 is 3.17. The van der Waals surface area contributed by atoms with Gasteiger partial charge in [0, 0.05) is 10.7 Å². The summed E-state index contributed by atoms with van der Waals surface area (Å²) < 4.78 is 0.720. The molecule has 0 saturated carbocycles. The molecule has 0 unspecified atom stereocenters. The van der Waals surface area contributed by atoms with Gasteiger partial charge in [0.1, 0.15) is 12.2 Å². The summed E-state index contributed by atoms with van der Waals surface area (Å²) in [6, 6.07) is 1.56. The number of halogens is 1. The first-order valence-corrected chi connectivity index (χ1v) is 5.39. The van der Waals surface area contributed by atoms with Crippen LogP contribution in [0.3, 0.4) is 0 Å². The molecular formula is C9H10BrN3O4. The van der Waals surface area contributed by atoms with Gasteiger partial charge in [0.2, 0.25) is 5.91 Å². The Kier molecular flexibility index (Phi) is 4.70. The molecule has 92 valence electrons. The van der Waals surface area contributed by atoms with Crippen LogP contribution >= 0.6 is 15.9 Å². The largest absolute Gasteiger partial charge is 0.480 e. The van der Waals surface area contributed by atoms with E-state index < -0.39 is 24.3 Å². The van der Waals surface area contributed by atoms with Crippen molar-refractivity contribution in [3.8, 4) is 0 Å². The first kappa shape index (κ1) is 13.2. The third-order valence-electron chi connectivity index (χ3n) is 1.74. The number of nitrogens with one attached hydrogen (secondary N) is 3. The van der Waals surface area contributed by atoms with Crippen molar-refractivity contribution in [3.63, 3.8) is 0 Å². The highest BCUT2D eigenvalue weighted by molar-refractivity contribution is 9.10. The molecule has 7 nitrogen and oxygen atoms in total. The zero-order chi connectivity index (χ0) is 12.8. The SMILES string of the molecule is O=C(O)CNC(=O)CNC(=O)c1cc(Br)c[nH]1. The second-order valence-corrected chi connectivity index (χ2v) is 4.00. The Bertz CT molecular complexity index is 443. The maximum absolute atomic E-state index is 11.4. The molecule has 2 amide bonds. The molecule has 0 aliphatic carbocycles. The fraction of sp³-hybridized carbons (Fsp3) is 0.222. The lowest BCUT2D eigenvalue weighted by Crippen LogP contribution is -2.39. The zero-order valence-electron chi connectivity index (χ0n) is 8.62. The average Bonchev–Trinajstić information content (AvgIpc) is 2.70. The molecule has 0 atom stereocenters. The summed E-state index contributed by atoms with van der Waals surface area (Å²) in [7, 11) is 0. The topological polar surface area (TPSA) is 111 Å². The number of hydrogen-bond acceptors (Lipinski definition) is 3. The molecule has 17 heavy (non-hydrogen) atoms. The number of aliphatic carboxylic acids is 1. The second kappa shape index (κ2) is 6.04. The van der Waals surface area contributed by atoms with Gasteiger partial charge in [-0.25, -0.2) is 0 Å². The molecular weight excluding hydrogens is 294 g/mol. The lowest BCUT2D eigenvalue weighted by atomic mass is 10.4. The van der Waals surface area contributed by atoms with Crippen molar-refractivity contribution < 1.29 is 19.5 Å². The van der Waals surface area contributed by atoms with Crippen molar-refractivity contribution in [1.82, 2.24) is 15.6 Å². The minimum atomic E-state index is -1.14. The van der Waals surface area contributed by atoms with Gasteiger partial charge in [-0.15, -0.1) is 0 Å². The molecule has 1 heterocycles. The van der Waals surface area contributed by atoms with Crippen molar-refractivity contribution in [2.45, 2.75) is 0 Å². The van der Waals surface area contributed by atoms with Crippen LogP contribution in [-0.4, -0.2) is 41.0 Å². The number of amides is 2. The van der Waals surface area contributed by atoms with E-state index in [1.807, 2.05) is 0 Å². The van der Waals surface area contributed by atoms with Gasteiger partial charge in [0.05, 0.1) is 6.54 Å². The van der Waals surface area contributed by atoms with Crippen molar-refractivity contribution in [2.24, 2.45) is 0 Å². The Hall–Kier alpha value is -1.83. The van der Waals surface area contributed by atoms with Crippen molar-refractivity contribution in [1.29, 1.82) is 0 Å². The fourth-order valence-corrected chi connectivity index (χ4v) is 1.33. The Balaban J connectivity index is 2.33. The van der Waals surface area contributed by atoms with E-state index in [2.05, 4.69) is 31.5 Å². The van der Waals surface area contributed by atoms with E-state index in [1.54, 1.807) is 12.3 Å². The van der Waals surface area contributed by atoms with Crippen molar-refractivity contribution in [3.05, 3.63) is 22.4 Å². The highest BCUT2D eigenvalue weighted by Crippen LogP contribution is 2.09. The maximum Gasteiger partial charge on any atom is 0.322 e. The zero-order valence-corrected chi connectivity index (χ0v) is 10.2. The first-order chi connectivity index (χ1) is 7.99. The van der Waals surface area contributed by atoms with E-state index in [4.69, 9.17) is 5.11 Å². The minimum Gasteiger partial charge on any atom is -0.480 e. The summed E-state index contributed by atoms with van der Waals surface area (Å²) in [5.41, 5.74) is 0.308. The number of rotatable bonds is 5. The minimum absolute atomic E-state index is 0.275. The molecule has 1 rings (SSSR count). The van der Waals surface area contributed by atoms with Crippen LogP contribution in [-0.2, 0) is 9.59 Å². The van der Waals surface area contributed by atoms with Gasteiger partial charge in [-0.2, -0.15) is 0 Å². The van der Waals surface area contributed by atoms with Gasteiger partial charge in [0.15, 0.2) is 0 Å². The Morgan fingerprint density at radius 1 is 1.29 bits per heavy atom. The third-order valence-corrected chi connectivity index (χ3v) is 2.20. The number of carbonyl (C=O) groups excluding carboxylic acids is 2. The Morgan fingerprint density at radius 3 is 2.53 bits per heavy atom. The van der Waals surface area contributed by atoms with Crippen LogP contribution in [0, 0.1) is 0 Å². The number of aromatic nitrogens is 1. The van der Waals surface area contributed by atoms with Crippen LogP contribution in [0.2, 0.25) is 0 Å². The van der Waals surface area contributed by atoms with Crippen LogP contribution < -0.4 is 10.6 Å². The van der Waals surface area contributed by atoms with Crippen LogP contribution in [0.15, 0.2) is 16.7 Å². The summed E-state index contributed by atoms with van der Waals surface area (Å²) in [6.45, 7) is -0.745. The summed E-state index contributed by atoms with van der Waals surface area (Å²) in [5.74, 6) is -2.15. The molecule has 4 N–H and O–H groups in total. The molecule has 0 spiro atoms. The molecule has 0 aromatic carbocycles. The predicted molar refractivity (Wildman–Crippen MR) is 61.5 cm³/mol. The van der Waals surface area contributed by atoms with E-state index in [1.165, 1.54) is 0 Å². The van der Waals surface area contributed by atoms with Crippen molar-refractivity contribution in [2.75, 3.05) is 13.1 Å². The molecule has 0 aliphatic heterocycles. The molecule has 0 radical (unpaired) electrons. The molecule has 0 aliphatic rings. The first-order valence-electron chi connectivity index (χ1n) is 4.59. The number of carboxylic acids is 1. The van der Waals surface area contributed by atoms with Gasteiger partial charge >= 0.3 is 5.97 Å². The third kappa shape index (κ3) is 4.68. The van der Waals surface area contributed by atoms with Crippen LogP contribution in [0.25, 0.3) is 0 Å². The smallest absolute Gasteiger partial charge is 0.322 e. The standard InChI is InChI=1S/C9H10BrN3O4/c10-5-1-6(11-2-5)9(17)13-3-7(14)12-4-8(15)16/h1-2,11H,3-4H2,(H,12,14)(H,13,17)(H,15,16). The summed E-state index contributed by atoms with van der Waals surface area (Å²) in [4.78, 5) is 35.4. The number of aromatic amines is 1. The number of H-pyrrole nitrogens is 1. The van der Waals surface area contributed by atoms with Gasteiger partial charge in [0.25, 0.3) is 5.91 Å². The maximum atomic E-state index is 11.4. The van der Waals surface area contributed by atoms with E-state index in [9.17, 15) is 14.4 Å². The lowest BCUT2D eigenvalue weighted by Gasteiger charge is -2.03. The normalized spacial score (nSPS) is 9.71. The highest BCUT2D eigenvalue weighted by atomic mass is 79.9. The molecule has 1 aromatic heterocycles. The van der Waals surface area contributed by atoms with E-state index in [0.29, 0.717) is 5.69 Å². The molecule has 1 aromatic rings. The fourth-order valence-electron chi connectivity index (χ4n) is 0.991.